The molecule has 4 nitrogen and oxygen atoms in total. The second-order valence-corrected chi connectivity index (χ2v) is 5.88. The average Bonchev–Trinajstić information content (AvgIpc) is 2.99. The van der Waals surface area contributed by atoms with Crippen LogP contribution in [0.5, 0.6) is 5.75 Å². The van der Waals surface area contributed by atoms with Gasteiger partial charge in [-0.1, -0.05) is 0 Å². The standard InChI is InChI=1S/C15H21NO3S/c1-3-19-15(17)14(11-8-9-20-10-11)16-12-4-6-13(18-2)7-5-12/h4-7,11,14,16H,3,8-10H2,1-2H3. The molecule has 0 amide bonds. The topological polar surface area (TPSA) is 47.6 Å². The van der Waals surface area contributed by atoms with Crippen molar-refractivity contribution in [3.63, 3.8) is 0 Å². The Morgan fingerprint density at radius 2 is 2.20 bits per heavy atom. The van der Waals surface area contributed by atoms with Gasteiger partial charge < -0.3 is 14.8 Å². The van der Waals surface area contributed by atoms with Crippen LogP contribution in [0.25, 0.3) is 0 Å². The van der Waals surface area contributed by atoms with Crippen LogP contribution in [0.3, 0.4) is 0 Å². The van der Waals surface area contributed by atoms with E-state index in [1.165, 1.54) is 0 Å². The molecule has 0 aliphatic carbocycles. The molecule has 110 valence electrons. The Balaban J connectivity index is 2.07. The van der Waals surface area contributed by atoms with Crippen molar-refractivity contribution in [3.05, 3.63) is 24.3 Å². The molecule has 1 aliphatic heterocycles. The minimum atomic E-state index is -0.265. The summed E-state index contributed by atoms with van der Waals surface area (Å²) in [6, 6.07) is 7.35. The van der Waals surface area contributed by atoms with Gasteiger partial charge in [-0.3, -0.25) is 0 Å². The fourth-order valence-electron chi connectivity index (χ4n) is 2.28. The average molecular weight is 295 g/mol. The Hall–Kier alpha value is -1.36. The molecule has 0 saturated carbocycles. The molecule has 2 rings (SSSR count). The van der Waals surface area contributed by atoms with E-state index in [1.807, 2.05) is 43.0 Å². The van der Waals surface area contributed by atoms with E-state index in [0.717, 1.165) is 29.4 Å². The maximum absolute atomic E-state index is 12.1. The molecule has 1 aromatic carbocycles. The third-order valence-corrected chi connectivity index (χ3v) is 4.58. The van der Waals surface area contributed by atoms with Gasteiger partial charge in [0.05, 0.1) is 13.7 Å². The fourth-order valence-corrected chi connectivity index (χ4v) is 3.58. The first-order valence-electron chi connectivity index (χ1n) is 6.89. The van der Waals surface area contributed by atoms with Gasteiger partial charge in [-0.25, -0.2) is 4.79 Å². The Kier molecular flexibility index (Phi) is 5.59. The molecule has 0 spiro atoms. The van der Waals surface area contributed by atoms with E-state index in [-0.39, 0.29) is 12.0 Å². The lowest BCUT2D eigenvalue weighted by Crippen LogP contribution is -2.38. The lowest BCUT2D eigenvalue weighted by atomic mass is 9.99. The van der Waals surface area contributed by atoms with E-state index >= 15 is 0 Å². The minimum Gasteiger partial charge on any atom is -0.497 e. The van der Waals surface area contributed by atoms with E-state index in [1.54, 1.807) is 7.11 Å². The molecule has 2 atom stereocenters. The van der Waals surface area contributed by atoms with Crippen molar-refractivity contribution < 1.29 is 14.3 Å². The van der Waals surface area contributed by atoms with E-state index in [0.29, 0.717) is 12.5 Å². The number of ether oxygens (including phenoxy) is 2. The summed E-state index contributed by atoms with van der Waals surface area (Å²) in [6.07, 6.45) is 1.05. The number of hydrogen-bond acceptors (Lipinski definition) is 5. The summed E-state index contributed by atoms with van der Waals surface area (Å²) in [4.78, 5) is 12.1. The molecule has 0 aromatic heterocycles. The van der Waals surface area contributed by atoms with Gasteiger partial charge in [0.1, 0.15) is 11.8 Å². The largest absolute Gasteiger partial charge is 0.497 e. The van der Waals surface area contributed by atoms with Crippen molar-refractivity contribution in [1.29, 1.82) is 0 Å². The minimum absolute atomic E-state index is 0.157. The molecule has 2 unspecified atom stereocenters. The van der Waals surface area contributed by atoms with Crippen LogP contribution in [-0.2, 0) is 9.53 Å². The van der Waals surface area contributed by atoms with Crippen molar-refractivity contribution in [2.75, 3.05) is 30.5 Å². The summed E-state index contributed by atoms with van der Waals surface area (Å²) in [6.45, 7) is 2.26. The zero-order chi connectivity index (χ0) is 14.4. The number of carbonyl (C=O) groups is 1. The zero-order valence-electron chi connectivity index (χ0n) is 11.9. The monoisotopic (exact) mass is 295 g/mol. The van der Waals surface area contributed by atoms with Crippen LogP contribution in [0, 0.1) is 5.92 Å². The van der Waals surface area contributed by atoms with Gasteiger partial charge >= 0.3 is 5.97 Å². The zero-order valence-corrected chi connectivity index (χ0v) is 12.7. The number of esters is 1. The lowest BCUT2D eigenvalue weighted by Gasteiger charge is -2.23. The lowest BCUT2D eigenvalue weighted by molar-refractivity contribution is -0.145. The van der Waals surface area contributed by atoms with Gasteiger partial charge in [0.25, 0.3) is 0 Å². The second kappa shape index (κ2) is 7.43. The van der Waals surface area contributed by atoms with E-state index in [9.17, 15) is 4.79 Å². The van der Waals surface area contributed by atoms with E-state index < -0.39 is 0 Å². The maximum atomic E-state index is 12.1. The molecule has 1 heterocycles. The maximum Gasteiger partial charge on any atom is 0.328 e. The molecule has 1 saturated heterocycles. The first-order chi connectivity index (χ1) is 9.74. The summed E-state index contributed by atoms with van der Waals surface area (Å²) in [5.41, 5.74) is 0.917. The molecular formula is C15H21NO3S. The molecule has 1 aromatic rings. The smallest absolute Gasteiger partial charge is 0.328 e. The van der Waals surface area contributed by atoms with Gasteiger partial charge in [0.15, 0.2) is 0 Å². The second-order valence-electron chi connectivity index (χ2n) is 4.73. The first-order valence-corrected chi connectivity index (χ1v) is 8.05. The van der Waals surface area contributed by atoms with Crippen molar-refractivity contribution in [2.24, 2.45) is 5.92 Å². The summed E-state index contributed by atoms with van der Waals surface area (Å²) in [7, 11) is 1.64. The quantitative estimate of drug-likeness (QED) is 0.818. The van der Waals surface area contributed by atoms with Gasteiger partial charge in [-0.05, 0) is 55.0 Å². The van der Waals surface area contributed by atoms with E-state index in [4.69, 9.17) is 9.47 Å². The van der Waals surface area contributed by atoms with Gasteiger partial charge in [0.2, 0.25) is 0 Å². The predicted octanol–water partition coefficient (Wildman–Crippen LogP) is 2.79. The van der Waals surface area contributed by atoms with Crippen molar-refractivity contribution >= 4 is 23.4 Å². The molecule has 5 heteroatoms. The van der Waals surface area contributed by atoms with Gasteiger partial charge in [-0.2, -0.15) is 11.8 Å². The highest BCUT2D eigenvalue weighted by Crippen LogP contribution is 2.29. The fraction of sp³-hybridized carbons (Fsp3) is 0.533. The number of carbonyl (C=O) groups excluding carboxylic acids is 1. The van der Waals surface area contributed by atoms with Crippen LogP contribution >= 0.6 is 11.8 Å². The highest BCUT2D eigenvalue weighted by molar-refractivity contribution is 7.99. The van der Waals surface area contributed by atoms with Crippen molar-refractivity contribution in [2.45, 2.75) is 19.4 Å². The van der Waals surface area contributed by atoms with Crippen LogP contribution in [0.15, 0.2) is 24.3 Å². The third-order valence-electron chi connectivity index (χ3n) is 3.39. The number of rotatable bonds is 6. The molecule has 1 fully saturated rings. The number of nitrogens with one attached hydrogen (secondary N) is 1. The summed E-state index contributed by atoms with van der Waals surface area (Å²) < 4.78 is 10.3. The van der Waals surface area contributed by atoms with Crippen LogP contribution in [0.4, 0.5) is 5.69 Å². The SMILES string of the molecule is CCOC(=O)C(Nc1ccc(OC)cc1)C1CCSC1. The van der Waals surface area contributed by atoms with Crippen LogP contribution in [-0.4, -0.2) is 37.2 Å². The van der Waals surface area contributed by atoms with Gasteiger partial charge in [0, 0.05) is 5.69 Å². The Morgan fingerprint density at radius 3 is 2.75 bits per heavy atom. The van der Waals surface area contributed by atoms with E-state index in [2.05, 4.69) is 5.32 Å². The number of anilines is 1. The molecule has 0 radical (unpaired) electrons. The molecule has 1 aliphatic rings. The highest BCUT2D eigenvalue weighted by atomic mass is 32.2. The Labute approximate surface area is 124 Å². The van der Waals surface area contributed by atoms with Crippen molar-refractivity contribution in [3.8, 4) is 5.75 Å². The molecule has 0 bridgehead atoms. The summed E-state index contributed by atoms with van der Waals surface area (Å²) >= 11 is 1.89. The summed E-state index contributed by atoms with van der Waals surface area (Å²) in [5, 5.41) is 3.31. The van der Waals surface area contributed by atoms with Crippen LogP contribution in [0.2, 0.25) is 0 Å². The third kappa shape index (κ3) is 3.82. The van der Waals surface area contributed by atoms with Crippen LogP contribution in [0.1, 0.15) is 13.3 Å². The number of benzene rings is 1. The van der Waals surface area contributed by atoms with Crippen LogP contribution < -0.4 is 10.1 Å². The Morgan fingerprint density at radius 1 is 1.45 bits per heavy atom. The molecular weight excluding hydrogens is 274 g/mol. The summed E-state index contributed by atoms with van der Waals surface area (Å²) in [5.74, 6) is 3.11. The number of methoxy groups -OCH3 is 1. The molecule has 20 heavy (non-hydrogen) atoms. The number of hydrogen-bond donors (Lipinski definition) is 1. The number of thioether (sulfide) groups is 1. The van der Waals surface area contributed by atoms with Gasteiger partial charge in [-0.15, -0.1) is 0 Å². The van der Waals surface area contributed by atoms with Crippen molar-refractivity contribution in [1.82, 2.24) is 0 Å². The predicted molar refractivity (Wildman–Crippen MR) is 82.5 cm³/mol. The highest BCUT2D eigenvalue weighted by Gasteiger charge is 2.32. The Bertz CT molecular complexity index is 429. The normalized spacial score (nSPS) is 19.4. The first kappa shape index (κ1) is 15.0. The molecule has 1 N–H and O–H groups in total.